The lowest BCUT2D eigenvalue weighted by Crippen LogP contribution is -2.39. The minimum atomic E-state index is -0.653. The Labute approximate surface area is 275 Å². The molecule has 3 aromatic rings. The highest BCUT2D eigenvalue weighted by atomic mass is 35.5. The summed E-state index contributed by atoms with van der Waals surface area (Å²) in [7, 11) is 6.60. The summed E-state index contributed by atoms with van der Waals surface area (Å²) in [4.78, 5) is 42.3. The monoisotopic (exact) mass is 651 g/mol. The number of esters is 1. The molecule has 2 atom stereocenters. The Bertz CT molecular complexity index is 1580. The summed E-state index contributed by atoms with van der Waals surface area (Å²) in [5.41, 5.74) is 3.48. The van der Waals surface area contributed by atoms with Gasteiger partial charge in [-0.1, -0.05) is 23.7 Å². The third-order valence-corrected chi connectivity index (χ3v) is 8.98. The number of aromatic nitrogens is 1. The number of carbonyl (C=O) groups is 3. The molecular formula is C35H42ClN3O7. The molecule has 5 rings (SSSR count). The zero-order valence-corrected chi connectivity index (χ0v) is 27.8. The summed E-state index contributed by atoms with van der Waals surface area (Å²) in [5, 5.41) is 0.517. The number of halogens is 1. The molecule has 46 heavy (non-hydrogen) atoms. The number of rotatable bonds is 10. The fraction of sp³-hybridized carbons (Fsp3) is 0.457. The van der Waals surface area contributed by atoms with Crippen LogP contribution in [0, 0.1) is 5.92 Å². The van der Waals surface area contributed by atoms with Crippen LogP contribution in [0.25, 0.3) is 5.69 Å². The molecule has 2 aliphatic rings. The van der Waals surface area contributed by atoms with Gasteiger partial charge in [-0.3, -0.25) is 14.4 Å². The second-order valence-electron chi connectivity index (χ2n) is 11.8. The van der Waals surface area contributed by atoms with Gasteiger partial charge in [0.05, 0.1) is 38.3 Å². The van der Waals surface area contributed by atoms with Crippen molar-refractivity contribution in [1.82, 2.24) is 14.4 Å². The molecule has 10 nitrogen and oxygen atoms in total. The minimum Gasteiger partial charge on any atom is -0.493 e. The maximum atomic E-state index is 13.5. The molecule has 0 aliphatic carbocycles. The van der Waals surface area contributed by atoms with Crippen LogP contribution < -0.4 is 9.47 Å². The van der Waals surface area contributed by atoms with Gasteiger partial charge in [-0.2, -0.15) is 0 Å². The molecule has 2 aliphatic heterocycles. The Morgan fingerprint density at radius 3 is 2.43 bits per heavy atom. The number of likely N-dealkylation sites (tertiary alicyclic amines) is 1. The molecule has 1 aromatic heterocycles. The van der Waals surface area contributed by atoms with E-state index in [9.17, 15) is 14.4 Å². The number of hydrogen-bond acceptors (Lipinski definition) is 7. The molecular weight excluding hydrogens is 610 g/mol. The van der Waals surface area contributed by atoms with E-state index < -0.39 is 12.2 Å². The predicted octanol–water partition coefficient (Wildman–Crippen LogP) is 5.98. The number of fused-ring (bicyclic) bond motifs is 3. The van der Waals surface area contributed by atoms with Gasteiger partial charge in [-0.25, -0.2) is 0 Å². The lowest BCUT2D eigenvalue weighted by molar-refractivity contribution is -0.144. The smallest absolute Gasteiger partial charge is 0.306 e. The number of para-hydroxylation sites is 1. The Hall–Kier alpha value is -4.02. The van der Waals surface area contributed by atoms with E-state index in [4.69, 9.17) is 30.5 Å². The number of methoxy groups -OCH3 is 2. The summed E-state index contributed by atoms with van der Waals surface area (Å²) >= 11 is 6.58. The first-order valence-electron chi connectivity index (χ1n) is 15.7. The first kappa shape index (κ1) is 33.3. The molecule has 0 radical (unpaired) electrons. The highest BCUT2D eigenvalue weighted by molar-refractivity contribution is 6.30. The van der Waals surface area contributed by atoms with Gasteiger partial charge >= 0.3 is 5.97 Å². The van der Waals surface area contributed by atoms with E-state index in [1.165, 1.54) is 4.90 Å². The minimum absolute atomic E-state index is 0.0289. The van der Waals surface area contributed by atoms with Gasteiger partial charge in [0.25, 0.3) is 5.91 Å². The SMILES string of the molecule is CCOC(=O)CC1CCN(C(=O)CC[C@H]2O[C@H](c3cccc(OC)c3OC)c3cc(Cl)ccc3-n3c(C(=O)N(C)C)ccc32)CC1. The van der Waals surface area contributed by atoms with Crippen LogP contribution in [0.4, 0.5) is 0 Å². The number of piperidine rings is 1. The Kier molecular flexibility index (Phi) is 10.6. The van der Waals surface area contributed by atoms with Gasteiger partial charge in [0.15, 0.2) is 11.5 Å². The highest BCUT2D eigenvalue weighted by Gasteiger charge is 2.36. The summed E-state index contributed by atoms with van der Waals surface area (Å²) in [6.07, 6.45) is 1.32. The van der Waals surface area contributed by atoms with Crippen molar-refractivity contribution in [3.63, 3.8) is 0 Å². The number of nitrogens with zero attached hydrogens (tertiary/aromatic N) is 3. The van der Waals surface area contributed by atoms with Crippen LogP contribution in [-0.2, 0) is 19.1 Å². The van der Waals surface area contributed by atoms with E-state index in [-0.39, 0.29) is 30.1 Å². The van der Waals surface area contributed by atoms with E-state index in [2.05, 4.69) is 0 Å². The average Bonchev–Trinajstić information content (AvgIpc) is 3.43. The van der Waals surface area contributed by atoms with Crippen LogP contribution in [0.2, 0.25) is 5.02 Å². The Morgan fingerprint density at radius 2 is 1.76 bits per heavy atom. The van der Waals surface area contributed by atoms with Gasteiger partial charge in [-0.15, -0.1) is 0 Å². The first-order valence-corrected chi connectivity index (χ1v) is 16.1. The van der Waals surface area contributed by atoms with Crippen LogP contribution in [0.5, 0.6) is 11.5 Å². The number of ether oxygens (including phenoxy) is 4. The molecule has 3 heterocycles. The lowest BCUT2D eigenvalue weighted by Gasteiger charge is -2.32. The van der Waals surface area contributed by atoms with Gasteiger partial charge < -0.3 is 33.3 Å². The van der Waals surface area contributed by atoms with Gasteiger partial charge in [-0.05, 0) is 68.5 Å². The molecule has 246 valence electrons. The summed E-state index contributed by atoms with van der Waals surface area (Å²) in [6.45, 7) is 3.37. The maximum absolute atomic E-state index is 13.5. The Morgan fingerprint density at radius 1 is 1.00 bits per heavy atom. The topological polar surface area (TPSA) is 99.5 Å². The van der Waals surface area contributed by atoms with Gasteiger partial charge in [0.1, 0.15) is 11.8 Å². The Balaban J connectivity index is 1.48. The largest absolute Gasteiger partial charge is 0.493 e. The van der Waals surface area contributed by atoms with Crippen molar-refractivity contribution in [3.05, 3.63) is 76.1 Å². The molecule has 1 fully saturated rings. The molecule has 0 unspecified atom stereocenters. The van der Waals surface area contributed by atoms with E-state index >= 15 is 0 Å². The number of amides is 2. The summed E-state index contributed by atoms with van der Waals surface area (Å²) < 4.78 is 25.4. The molecule has 0 N–H and O–H groups in total. The molecule has 0 saturated carbocycles. The van der Waals surface area contributed by atoms with Crippen LogP contribution in [-0.4, -0.2) is 80.2 Å². The van der Waals surface area contributed by atoms with Crippen molar-refractivity contribution >= 4 is 29.4 Å². The molecule has 2 aromatic carbocycles. The number of carbonyl (C=O) groups excluding carboxylic acids is 3. The van der Waals surface area contributed by atoms with Gasteiger partial charge in [0.2, 0.25) is 5.91 Å². The lowest BCUT2D eigenvalue weighted by atomic mass is 9.93. The quantitative estimate of drug-likeness (QED) is 0.249. The molecule has 2 amide bonds. The summed E-state index contributed by atoms with van der Waals surface area (Å²) in [5.74, 6) is 0.979. The van der Waals surface area contributed by atoms with Crippen molar-refractivity contribution in [2.45, 2.75) is 51.2 Å². The fourth-order valence-corrected chi connectivity index (χ4v) is 6.63. The van der Waals surface area contributed by atoms with Crippen molar-refractivity contribution in [1.29, 1.82) is 0 Å². The third-order valence-electron chi connectivity index (χ3n) is 8.74. The maximum Gasteiger partial charge on any atom is 0.306 e. The highest BCUT2D eigenvalue weighted by Crippen LogP contribution is 2.47. The van der Waals surface area contributed by atoms with Crippen LogP contribution in [0.15, 0.2) is 48.5 Å². The average molecular weight is 652 g/mol. The van der Waals surface area contributed by atoms with Crippen molar-refractivity contribution in [2.75, 3.05) is 48.0 Å². The second-order valence-corrected chi connectivity index (χ2v) is 12.3. The third kappa shape index (κ3) is 6.88. The molecule has 0 spiro atoms. The van der Waals surface area contributed by atoms with E-state index in [0.717, 1.165) is 35.3 Å². The standard InChI is InChI=1S/C35H42ClN3O7/c1-6-45-32(41)20-22-16-18-38(19-17-22)31(40)15-14-29-27-12-13-28(35(42)37(2)3)39(27)26-11-10-23(36)21-25(26)33(46-29)24-8-7-9-30(43-4)34(24)44-5/h7-13,21-22,29,33H,6,14-20H2,1-5H3/t29-,33-/m1/s1. The second kappa shape index (κ2) is 14.6. The predicted molar refractivity (Wildman–Crippen MR) is 174 cm³/mol. The van der Waals surface area contributed by atoms with E-state index in [0.29, 0.717) is 54.8 Å². The van der Waals surface area contributed by atoms with Gasteiger partial charge in [0, 0.05) is 56.2 Å². The summed E-state index contributed by atoms with van der Waals surface area (Å²) in [6, 6.07) is 14.9. The molecule has 11 heteroatoms. The van der Waals surface area contributed by atoms with E-state index in [1.54, 1.807) is 47.4 Å². The normalized spacial score (nSPS) is 17.8. The molecule has 1 saturated heterocycles. The van der Waals surface area contributed by atoms with Crippen LogP contribution in [0.3, 0.4) is 0 Å². The van der Waals surface area contributed by atoms with E-state index in [1.807, 2.05) is 45.9 Å². The zero-order valence-electron chi connectivity index (χ0n) is 27.1. The van der Waals surface area contributed by atoms with Crippen LogP contribution >= 0.6 is 11.6 Å². The number of hydrogen-bond donors (Lipinski definition) is 0. The fourth-order valence-electron chi connectivity index (χ4n) is 6.44. The van der Waals surface area contributed by atoms with Crippen molar-refractivity contribution in [3.8, 4) is 17.2 Å². The first-order chi connectivity index (χ1) is 22.2. The number of benzene rings is 2. The zero-order chi connectivity index (χ0) is 33.0. The van der Waals surface area contributed by atoms with Crippen molar-refractivity contribution in [2.24, 2.45) is 5.92 Å². The molecule has 0 bridgehead atoms. The van der Waals surface area contributed by atoms with Crippen molar-refractivity contribution < 1.29 is 33.3 Å². The van der Waals surface area contributed by atoms with Crippen LogP contribution in [0.1, 0.15) is 78.5 Å².